The number of carboxylic acids is 1. The van der Waals surface area contributed by atoms with Crippen LogP contribution in [0.15, 0.2) is 22.2 Å². The van der Waals surface area contributed by atoms with Crippen LogP contribution < -0.4 is 0 Å². The van der Waals surface area contributed by atoms with Crippen molar-refractivity contribution in [2.45, 2.75) is 13.3 Å². The summed E-state index contributed by atoms with van der Waals surface area (Å²) < 4.78 is 4.99. The van der Waals surface area contributed by atoms with Crippen molar-refractivity contribution in [2.24, 2.45) is 0 Å². The lowest BCUT2D eigenvalue weighted by Gasteiger charge is -1.97. The molecule has 0 radical (unpaired) electrons. The maximum absolute atomic E-state index is 10.9. The maximum Gasteiger partial charge on any atom is 0.341 e. The Bertz CT molecular complexity index is 486. The van der Waals surface area contributed by atoms with Crippen molar-refractivity contribution in [3.8, 4) is 10.6 Å². The minimum absolute atomic E-state index is 0.118. The molecule has 4 nitrogen and oxygen atoms in total. The van der Waals surface area contributed by atoms with Gasteiger partial charge in [0.2, 0.25) is 0 Å². The molecular formula is C10H9NO3S. The van der Waals surface area contributed by atoms with E-state index >= 15 is 0 Å². The Labute approximate surface area is 90.1 Å². The Morgan fingerprint density at radius 2 is 2.47 bits per heavy atom. The number of rotatable bonds is 3. The SMILES string of the molecule is CCc1ccsc1-c1oncc1C(=O)O. The molecule has 0 saturated carbocycles. The van der Waals surface area contributed by atoms with Crippen LogP contribution in [0.5, 0.6) is 0 Å². The molecule has 2 aromatic rings. The molecule has 1 N–H and O–H groups in total. The summed E-state index contributed by atoms with van der Waals surface area (Å²) >= 11 is 1.47. The van der Waals surface area contributed by atoms with Gasteiger partial charge in [0.05, 0.1) is 11.1 Å². The molecule has 0 amide bonds. The van der Waals surface area contributed by atoms with Gasteiger partial charge in [-0.2, -0.15) is 0 Å². The van der Waals surface area contributed by atoms with Crippen molar-refractivity contribution < 1.29 is 14.4 Å². The first-order valence-corrected chi connectivity index (χ1v) is 5.36. The summed E-state index contributed by atoms with van der Waals surface area (Å²) in [6.45, 7) is 2.02. The number of hydrogen-bond donors (Lipinski definition) is 1. The van der Waals surface area contributed by atoms with E-state index in [-0.39, 0.29) is 5.56 Å². The minimum Gasteiger partial charge on any atom is -0.477 e. The van der Waals surface area contributed by atoms with Crippen LogP contribution in [0.4, 0.5) is 0 Å². The highest BCUT2D eigenvalue weighted by Crippen LogP contribution is 2.32. The molecule has 2 heterocycles. The van der Waals surface area contributed by atoms with Crippen molar-refractivity contribution in [3.05, 3.63) is 28.8 Å². The van der Waals surface area contributed by atoms with E-state index in [2.05, 4.69) is 5.16 Å². The first-order chi connectivity index (χ1) is 7.24. The van der Waals surface area contributed by atoms with E-state index in [1.54, 1.807) is 0 Å². The Balaban J connectivity index is 2.54. The lowest BCUT2D eigenvalue weighted by Crippen LogP contribution is -1.95. The van der Waals surface area contributed by atoms with Crippen LogP contribution in [0.25, 0.3) is 10.6 Å². The quantitative estimate of drug-likeness (QED) is 0.868. The highest BCUT2D eigenvalue weighted by molar-refractivity contribution is 7.13. The van der Waals surface area contributed by atoms with E-state index in [1.165, 1.54) is 17.5 Å². The van der Waals surface area contributed by atoms with E-state index in [1.807, 2.05) is 18.4 Å². The number of aromatic nitrogens is 1. The fraction of sp³-hybridized carbons (Fsp3) is 0.200. The number of aryl methyl sites for hydroxylation is 1. The van der Waals surface area contributed by atoms with Gasteiger partial charge in [-0.3, -0.25) is 0 Å². The van der Waals surface area contributed by atoms with Crippen LogP contribution in [-0.2, 0) is 6.42 Å². The maximum atomic E-state index is 10.9. The third kappa shape index (κ3) is 1.66. The molecule has 0 unspecified atom stereocenters. The van der Waals surface area contributed by atoms with Crippen molar-refractivity contribution in [1.82, 2.24) is 5.16 Å². The third-order valence-electron chi connectivity index (χ3n) is 2.13. The number of nitrogens with zero attached hydrogens (tertiary/aromatic N) is 1. The van der Waals surface area contributed by atoms with Gasteiger partial charge in [0.25, 0.3) is 0 Å². The van der Waals surface area contributed by atoms with Crippen molar-refractivity contribution in [3.63, 3.8) is 0 Å². The molecule has 0 aliphatic rings. The van der Waals surface area contributed by atoms with Gasteiger partial charge in [0.1, 0.15) is 5.56 Å². The molecule has 2 rings (SSSR count). The zero-order chi connectivity index (χ0) is 10.8. The van der Waals surface area contributed by atoms with E-state index in [0.29, 0.717) is 5.76 Å². The highest BCUT2D eigenvalue weighted by Gasteiger charge is 2.19. The Kier molecular flexibility index (Phi) is 2.55. The van der Waals surface area contributed by atoms with Gasteiger partial charge in [0.15, 0.2) is 5.76 Å². The molecule has 15 heavy (non-hydrogen) atoms. The second-order valence-corrected chi connectivity index (χ2v) is 3.92. The predicted octanol–water partition coefficient (Wildman–Crippen LogP) is 2.66. The predicted molar refractivity (Wildman–Crippen MR) is 56.2 cm³/mol. The molecule has 0 fully saturated rings. The second-order valence-electron chi connectivity index (χ2n) is 3.00. The zero-order valence-corrected chi connectivity index (χ0v) is 8.87. The Morgan fingerprint density at radius 3 is 3.13 bits per heavy atom. The summed E-state index contributed by atoms with van der Waals surface area (Å²) in [7, 11) is 0. The summed E-state index contributed by atoms with van der Waals surface area (Å²) in [5, 5.41) is 14.4. The largest absolute Gasteiger partial charge is 0.477 e. The molecular weight excluding hydrogens is 214 g/mol. The Morgan fingerprint density at radius 1 is 1.67 bits per heavy atom. The monoisotopic (exact) mass is 223 g/mol. The number of carboxylic acid groups (broad SMARTS) is 1. The summed E-state index contributed by atoms with van der Waals surface area (Å²) in [4.78, 5) is 11.7. The Hall–Kier alpha value is -1.62. The van der Waals surface area contributed by atoms with E-state index in [0.717, 1.165) is 16.9 Å². The van der Waals surface area contributed by atoms with Crippen LogP contribution >= 0.6 is 11.3 Å². The smallest absolute Gasteiger partial charge is 0.341 e. The highest BCUT2D eigenvalue weighted by atomic mass is 32.1. The van der Waals surface area contributed by atoms with Crippen LogP contribution in [0.1, 0.15) is 22.8 Å². The second kappa shape index (κ2) is 3.86. The molecule has 0 spiro atoms. The van der Waals surface area contributed by atoms with Crippen LogP contribution in [0.2, 0.25) is 0 Å². The molecule has 0 bridgehead atoms. The normalized spacial score (nSPS) is 10.5. The van der Waals surface area contributed by atoms with Gasteiger partial charge in [-0.15, -0.1) is 11.3 Å². The third-order valence-corrected chi connectivity index (χ3v) is 3.09. The molecule has 5 heteroatoms. The van der Waals surface area contributed by atoms with Crippen molar-refractivity contribution in [1.29, 1.82) is 0 Å². The fourth-order valence-corrected chi connectivity index (χ4v) is 2.36. The minimum atomic E-state index is -1.01. The average Bonchev–Trinajstić information content (AvgIpc) is 2.85. The summed E-state index contributed by atoms with van der Waals surface area (Å²) in [5.74, 6) is -0.656. The number of thiophene rings is 1. The summed E-state index contributed by atoms with van der Waals surface area (Å²) in [5.41, 5.74) is 1.20. The summed E-state index contributed by atoms with van der Waals surface area (Å²) in [6.07, 6.45) is 2.08. The van der Waals surface area contributed by atoms with Crippen molar-refractivity contribution >= 4 is 17.3 Å². The van der Waals surface area contributed by atoms with Gasteiger partial charge in [0, 0.05) is 0 Å². The van der Waals surface area contributed by atoms with E-state index in [4.69, 9.17) is 9.63 Å². The molecule has 0 aliphatic carbocycles. The van der Waals surface area contributed by atoms with Crippen molar-refractivity contribution in [2.75, 3.05) is 0 Å². The first-order valence-electron chi connectivity index (χ1n) is 4.48. The molecule has 78 valence electrons. The molecule has 0 saturated heterocycles. The van der Waals surface area contributed by atoms with Gasteiger partial charge < -0.3 is 9.63 Å². The number of hydrogen-bond acceptors (Lipinski definition) is 4. The van der Waals surface area contributed by atoms with Gasteiger partial charge in [-0.05, 0) is 23.4 Å². The average molecular weight is 223 g/mol. The molecule has 0 atom stereocenters. The number of carbonyl (C=O) groups is 1. The van der Waals surface area contributed by atoms with Crippen LogP contribution in [0, 0.1) is 0 Å². The van der Waals surface area contributed by atoms with Crippen LogP contribution in [0.3, 0.4) is 0 Å². The number of aromatic carboxylic acids is 1. The topological polar surface area (TPSA) is 63.3 Å². The molecule has 2 aromatic heterocycles. The van der Waals surface area contributed by atoms with E-state index in [9.17, 15) is 4.79 Å². The van der Waals surface area contributed by atoms with Gasteiger partial charge >= 0.3 is 5.97 Å². The van der Waals surface area contributed by atoms with Gasteiger partial charge in [-0.1, -0.05) is 12.1 Å². The molecule has 0 aliphatic heterocycles. The summed E-state index contributed by atoms with van der Waals surface area (Å²) in [6, 6.07) is 1.97. The van der Waals surface area contributed by atoms with Gasteiger partial charge in [-0.25, -0.2) is 4.79 Å². The zero-order valence-electron chi connectivity index (χ0n) is 8.06. The van der Waals surface area contributed by atoms with Crippen LogP contribution in [-0.4, -0.2) is 16.2 Å². The fourth-order valence-electron chi connectivity index (χ4n) is 1.37. The van der Waals surface area contributed by atoms with E-state index < -0.39 is 5.97 Å². The lowest BCUT2D eigenvalue weighted by atomic mass is 10.1. The molecule has 0 aromatic carbocycles. The first kappa shape index (κ1) is 9.92. The standard InChI is InChI=1S/C10H9NO3S/c1-2-6-3-4-15-9(6)8-7(10(12)13)5-11-14-8/h3-5H,2H2,1H3,(H,12,13). The lowest BCUT2D eigenvalue weighted by molar-refractivity contribution is 0.0697.